The molecule has 2 N–H and O–H groups in total. The van der Waals surface area contributed by atoms with E-state index in [4.69, 9.17) is 9.47 Å². The Morgan fingerprint density at radius 2 is 1.70 bits per heavy atom. The number of carbonyl (C=O) groups is 2. The zero-order valence-electron chi connectivity index (χ0n) is 18.6. The Hall–Kier alpha value is -2.95. The van der Waals surface area contributed by atoms with Gasteiger partial charge in [-0.3, -0.25) is 9.59 Å². The first-order valence-electron chi connectivity index (χ1n) is 10.8. The maximum Gasteiger partial charge on any atom is 0.255 e. The van der Waals surface area contributed by atoms with E-state index in [0.717, 1.165) is 18.4 Å². The zero-order chi connectivity index (χ0) is 23.6. The number of rotatable bonds is 7. The van der Waals surface area contributed by atoms with Crippen molar-refractivity contribution >= 4 is 27.5 Å². The molecule has 0 spiro atoms. The molecular formula is C23H27N3O6S. The van der Waals surface area contributed by atoms with Crippen LogP contribution in [0.25, 0.3) is 0 Å². The number of nitrogens with one attached hydrogen (secondary N) is 2. The largest absolute Gasteiger partial charge is 0.495 e. The van der Waals surface area contributed by atoms with Gasteiger partial charge in [-0.15, -0.1) is 0 Å². The third kappa shape index (κ3) is 5.18. The minimum absolute atomic E-state index is 0.0752. The summed E-state index contributed by atoms with van der Waals surface area (Å²) in [5.74, 6) is -0.511. The normalized spacial score (nSPS) is 16.8. The molecule has 0 bridgehead atoms. The van der Waals surface area contributed by atoms with Gasteiger partial charge < -0.3 is 20.1 Å². The molecule has 0 atom stereocenters. The number of aryl methyl sites for hydroxylation is 1. The Bertz CT molecular complexity index is 1170. The molecular weight excluding hydrogens is 446 g/mol. The van der Waals surface area contributed by atoms with E-state index >= 15 is 0 Å². The van der Waals surface area contributed by atoms with Gasteiger partial charge in [0.1, 0.15) is 10.6 Å². The van der Waals surface area contributed by atoms with Crippen LogP contribution in [0.1, 0.15) is 39.1 Å². The summed E-state index contributed by atoms with van der Waals surface area (Å²) in [6, 6.07) is 9.61. The third-order valence-electron chi connectivity index (χ3n) is 5.67. The summed E-state index contributed by atoms with van der Waals surface area (Å²) < 4.78 is 38.2. The highest BCUT2D eigenvalue weighted by Gasteiger charge is 2.30. The summed E-state index contributed by atoms with van der Waals surface area (Å²) in [6.45, 7) is 2.91. The van der Waals surface area contributed by atoms with E-state index in [9.17, 15) is 18.0 Å². The molecule has 2 aromatic rings. The van der Waals surface area contributed by atoms with Gasteiger partial charge in [0.15, 0.2) is 0 Å². The fraction of sp³-hybridized carbons (Fsp3) is 0.391. The van der Waals surface area contributed by atoms with Crippen LogP contribution in [-0.2, 0) is 14.8 Å². The molecule has 1 aliphatic heterocycles. The van der Waals surface area contributed by atoms with E-state index in [2.05, 4.69) is 10.6 Å². The average molecular weight is 474 g/mol. The van der Waals surface area contributed by atoms with Crippen LogP contribution in [0.5, 0.6) is 5.75 Å². The monoisotopic (exact) mass is 473 g/mol. The van der Waals surface area contributed by atoms with E-state index in [1.807, 2.05) is 6.92 Å². The first-order chi connectivity index (χ1) is 15.8. The van der Waals surface area contributed by atoms with Gasteiger partial charge in [-0.1, -0.05) is 6.07 Å². The number of amides is 2. The average Bonchev–Trinajstić information content (AvgIpc) is 3.64. The lowest BCUT2D eigenvalue weighted by Gasteiger charge is -2.26. The van der Waals surface area contributed by atoms with Crippen molar-refractivity contribution in [1.82, 2.24) is 9.62 Å². The number of morpholine rings is 1. The molecule has 2 aromatic carbocycles. The van der Waals surface area contributed by atoms with Crippen molar-refractivity contribution in [3.8, 4) is 5.75 Å². The second-order valence-corrected chi connectivity index (χ2v) is 10.0. The first-order valence-corrected chi connectivity index (χ1v) is 12.2. The number of ether oxygens (including phenoxy) is 2. The molecule has 2 amide bonds. The Balaban J connectivity index is 1.59. The van der Waals surface area contributed by atoms with E-state index in [1.54, 1.807) is 18.2 Å². The maximum atomic E-state index is 13.2. The lowest BCUT2D eigenvalue weighted by molar-refractivity contribution is 0.0729. The minimum Gasteiger partial charge on any atom is -0.495 e. The summed E-state index contributed by atoms with van der Waals surface area (Å²) in [5.41, 5.74) is 1.88. The Kier molecular flexibility index (Phi) is 6.68. The summed E-state index contributed by atoms with van der Waals surface area (Å²) in [4.78, 5) is 25.3. The lowest BCUT2D eigenvalue weighted by Crippen LogP contribution is -2.40. The molecule has 0 aromatic heterocycles. The molecule has 9 nitrogen and oxygen atoms in total. The Morgan fingerprint density at radius 1 is 1.03 bits per heavy atom. The highest BCUT2D eigenvalue weighted by molar-refractivity contribution is 7.89. The number of hydrogen-bond acceptors (Lipinski definition) is 6. The zero-order valence-corrected chi connectivity index (χ0v) is 19.4. The number of methoxy groups -OCH3 is 1. The summed E-state index contributed by atoms with van der Waals surface area (Å²) >= 11 is 0. The molecule has 1 saturated carbocycles. The Morgan fingerprint density at radius 3 is 2.36 bits per heavy atom. The van der Waals surface area contributed by atoms with Crippen LogP contribution in [0.4, 0.5) is 5.69 Å². The second kappa shape index (κ2) is 9.50. The van der Waals surface area contributed by atoms with E-state index in [0.29, 0.717) is 24.5 Å². The van der Waals surface area contributed by atoms with Crippen molar-refractivity contribution in [1.29, 1.82) is 0 Å². The standard InChI is InChI=1S/C23H27N3O6S/c1-15-3-4-16(22(27)24-18-6-7-18)13-19(15)25-23(28)17-5-8-20(31-2)21(14-17)33(29,30)26-9-11-32-12-10-26/h3-5,8,13-14,18H,6-7,9-12H2,1-2H3,(H,24,27)(H,25,28). The van der Waals surface area contributed by atoms with Crippen LogP contribution >= 0.6 is 0 Å². The van der Waals surface area contributed by atoms with Gasteiger partial charge in [-0.25, -0.2) is 8.42 Å². The topological polar surface area (TPSA) is 114 Å². The van der Waals surface area contributed by atoms with Crippen LogP contribution in [0.2, 0.25) is 0 Å². The summed E-state index contributed by atoms with van der Waals surface area (Å²) in [5, 5.41) is 5.72. The van der Waals surface area contributed by atoms with Gasteiger partial charge in [0.2, 0.25) is 10.0 Å². The predicted molar refractivity (Wildman–Crippen MR) is 122 cm³/mol. The van der Waals surface area contributed by atoms with Gasteiger partial charge in [-0.05, 0) is 55.7 Å². The first kappa shape index (κ1) is 23.2. The third-order valence-corrected chi connectivity index (χ3v) is 7.59. The number of nitrogens with zero attached hydrogens (tertiary/aromatic N) is 1. The number of sulfonamides is 1. The van der Waals surface area contributed by atoms with Crippen molar-refractivity contribution in [2.75, 3.05) is 38.7 Å². The molecule has 176 valence electrons. The fourth-order valence-electron chi connectivity index (χ4n) is 3.53. The molecule has 4 rings (SSSR count). The molecule has 1 saturated heterocycles. The highest BCUT2D eigenvalue weighted by Crippen LogP contribution is 2.29. The summed E-state index contributed by atoms with van der Waals surface area (Å²) in [7, 11) is -2.49. The number of anilines is 1. The van der Waals surface area contributed by atoms with Crippen molar-refractivity contribution in [2.24, 2.45) is 0 Å². The molecule has 0 radical (unpaired) electrons. The van der Waals surface area contributed by atoms with Crippen LogP contribution in [0.15, 0.2) is 41.3 Å². The number of carbonyl (C=O) groups excluding carboxylic acids is 2. The second-order valence-electron chi connectivity index (χ2n) is 8.11. The van der Waals surface area contributed by atoms with Gasteiger partial charge in [0.25, 0.3) is 11.8 Å². The lowest BCUT2D eigenvalue weighted by atomic mass is 10.1. The maximum absolute atomic E-state index is 13.2. The predicted octanol–water partition coefficient (Wildman–Crippen LogP) is 2.17. The molecule has 1 heterocycles. The highest BCUT2D eigenvalue weighted by atomic mass is 32.2. The fourth-order valence-corrected chi connectivity index (χ4v) is 5.12. The van der Waals surface area contributed by atoms with Gasteiger partial charge in [-0.2, -0.15) is 4.31 Å². The van der Waals surface area contributed by atoms with E-state index in [-0.39, 0.29) is 41.2 Å². The quantitative estimate of drug-likeness (QED) is 0.637. The van der Waals surface area contributed by atoms with Crippen molar-refractivity contribution < 1.29 is 27.5 Å². The van der Waals surface area contributed by atoms with Crippen molar-refractivity contribution in [2.45, 2.75) is 30.7 Å². The molecule has 33 heavy (non-hydrogen) atoms. The van der Waals surface area contributed by atoms with Gasteiger partial charge in [0, 0.05) is 35.9 Å². The number of hydrogen-bond donors (Lipinski definition) is 2. The van der Waals surface area contributed by atoms with Crippen LogP contribution in [-0.4, -0.2) is 64.0 Å². The van der Waals surface area contributed by atoms with E-state index < -0.39 is 15.9 Å². The van der Waals surface area contributed by atoms with Crippen molar-refractivity contribution in [3.05, 3.63) is 53.1 Å². The Labute approximate surface area is 193 Å². The molecule has 2 fully saturated rings. The van der Waals surface area contributed by atoms with Crippen LogP contribution in [0, 0.1) is 6.92 Å². The van der Waals surface area contributed by atoms with Gasteiger partial charge in [0.05, 0.1) is 20.3 Å². The SMILES string of the molecule is COc1ccc(C(=O)Nc2cc(C(=O)NC3CC3)ccc2C)cc1S(=O)(=O)N1CCOCC1. The molecule has 1 aliphatic carbocycles. The molecule has 10 heteroatoms. The molecule has 0 unspecified atom stereocenters. The van der Waals surface area contributed by atoms with Crippen LogP contribution < -0.4 is 15.4 Å². The van der Waals surface area contributed by atoms with Gasteiger partial charge >= 0.3 is 0 Å². The number of benzene rings is 2. The van der Waals surface area contributed by atoms with Crippen LogP contribution in [0.3, 0.4) is 0 Å². The smallest absolute Gasteiger partial charge is 0.255 e. The van der Waals surface area contributed by atoms with Crippen molar-refractivity contribution in [3.63, 3.8) is 0 Å². The molecule has 2 aliphatic rings. The summed E-state index contributed by atoms with van der Waals surface area (Å²) in [6.07, 6.45) is 1.96. The van der Waals surface area contributed by atoms with E-state index in [1.165, 1.54) is 29.6 Å². The minimum atomic E-state index is -3.87.